The van der Waals surface area contributed by atoms with E-state index < -0.39 is 0 Å². The summed E-state index contributed by atoms with van der Waals surface area (Å²) in [6.07, 6.45) is 4.55. The summed E-state index contributed by atoms with van der Waals surface area (Å²) in [5.74, 6) is 0.198. The molecule has 0 saturated heterocycles. The molecule has 0 aromatic heterocycles. The first-order valence-corrected chi connectivity index (χ1v) is 6.57. The van der Waals surface area contributed by atoms with E-state index in [1.807, 2.05) is 11.8 Å². The fourth-order valence-electron chi connectivity index (χ4n) is 2.07. The third kappa shape index (κ3) is 4.15. The van der Waals surface area contributed by atoms with Crippen LogP contribution in [0.15, 0.2) is 11.6 Å². The largest absolute Gasteiger partial charge is 0.339 e. The minimum Gasteiger partial charge on any atom is -0.339 e. The number of nitrogens with two attached hydrogens (primary N) is 1. The second-order valence-electron chi connectivity index (χ2n) is 5.94. The van der Waals surface area contributed by atoms with Gasteiger partial charge in [0, 0.05) is 25.6 Å². The van der Waals surface area contributed by atoms with Crippen molar-refractivity contribution < 1.29 is 4.79 Å². The second-order valence-corrected chi connectivity index (χ2v) is 5.94. The SMILES string of the molecule is CCC(N)CC(=O)N1CC=C(C(C)(C)C)CC1. The molecule has 3 nitrogen and oxygen atoms in total. The number of rotatable bonds is 3. The Labute approximate surface area is 105 Å². The van der Waals surface area contributed by atoms with Crippen LogP contribution in [-0.4, -0.2) is 29.9 Å². The van der Waals surface area contributed by atoms with Crippen LogP contribution in [0.1, 0.15) is 47.0 Å². The lowest BCUT2D eigenvalue weighted by atomic mass is 9.83. The number of nitrogens with zero attached hydrogens (tertiary/aromatic N) is 1. The standard InChI is InChI=1S/C14H26N2O/c1-5-12(15)10-13(17)16-8-6-11(7-9-16)14(2,3)4/h6,12H,5,7-10,15H2,1-4H3. The van der Waals surface area contributed by atoms with Gasteiger partial charge in [0.15, 0.2) is 0 Å². The zero-order valence-corrected chi connectivity index (χ0v) is 11.6. The molecule has 0 radical (unpaired) electrons. The van der Waals surface area contributed by atoms with Gasteiger partial charge in [0.1, 0.15) is 0 Å². The van der Waals surface area contributed by atoms with Crippen LogP contribution < -0.4 is 5.73 Å². The molecule has 3 heteroatoms. The van der Waals surface area contributed by atoms with Gasteiger partial charge in [-0.3, -0.25) is 4.79 Å². The predicted molar refractivity (Wildman–Crippen MR) is 71.6 cm³/mol. The van der Waals surface area contributed by atoms with Crippen LogP contribution in [0.5, 0.6) is 0 Å². The molecule has 0 aliphatic carbocycles. The van der Waals surface area contributed by atoms with E-state index in [4.69, 9.17) is 5.73 Å². The summed E-state index contributed by atoms with van der Waals surface area (Å²) in [6, 6.07) is 0.00972. The van der Waals surface area contributed by atoms with Crippen LogP contribution in [0.25, 0.3) is 0 Å². The molecule has 1 rings (SSSR count). The van der Waals surface area contributed by atoms with Gasteiger partial charge in [-0.15, -0.1) is 0 Å². The number of carbonyl (C=O) groups excluding carboxylic acids is 1. The molecule has 2 N–H and O–H groups in total. The number of amides is 1. The lowest BCUT2D eigenvalue weighted by molar-refractivity contribution is -0.131. The molecular weight excluding hydrogens is 212 g/mol. The maximum absolute atomic E-state index is 11.9. The van der Waals surface area contributed by atoms with Gasteiger partial charge < -0.3 is 10.6 Å². The van der Waals surface area contributed by atoms with Gasteiger partial charge in [0.05, 0.1) is 0 Å². The fourth-order valence-corrected chi connectivity index (χ4v) is 2.07. The van der Waals surface area contributed by atoms with Crippen molar-refractivity contribution in [3.05, 3.63) is 11.6 Å². The Morgan fingerprint density at radius 3 is 2.59 bits per heavy atom. The second kappa shape index (κ2) is 5.67. The zero-order valence-electron chi connectivity index (χ0n) is 11.6. The highest BCUT2D eigenvalue weighted by Gasteiger charge is 2.23. The van der Waals surface area contributed by atoms with Gasteiger partial charge in [-0.25, -0.2) is 0 Å². The molecule has 1 aliphatic heterocycles. The van der Waals surface area contributed by atoms with E-state index in [1.54, 1.807) is 0 Å². The van der Waals surface area contributed by atoms with Crippen molar-refractivity contribution in [2.75, 3.05) is 13.1 Å². The van der Waals surface area contributed by atoms with Crippen LogP contribution in [0.3, 0.4) is 0 Å². The van der Waals surface area contributed by atoms with Gasteiger partial charge >= 0.3 is 0 Å². The smallest absolute Gasteiger partial charge is 0.224 e. The minimum absolute atomic E-state index is 0.00972. The lowest BCUT2D eigenvalue weighted by Crippen LogP contribution is -2.39. The van der Waals surface area contributed by atoms with Gasteiger partial charge in [-0.05, 0) is 18.3 Å². The summed E-state index contributed by atoms with van der Waals surface area (Å²) in [6.45, 7) is 10.3. The van der Waals surface area contributed by atoms with Crippen LogP contribution in [-0.2, 0) is 4.79 Å². The predicted octanol–water partition coefficient (Wildman–Crippen LogP) is 2.32. The van der Waals surface area contributed by atoms with Crippen molar-refractivity contribution in [2.24, 2.45) is 11.1 Å². The van der Waals surface area contributed by atoms with E-state index in [2.05, 4.69) is 26.8 Å². The highest BCUT2D eigenvalue weighted by atomic mass is 16.2. The van der Waals surface area contributed by atoms with Crippen molar-refractivity contribution in [1.82, 2.24) is 4.90 Å². The molecule has 0 aromatic carbocycles. The summed E-state index contributed by atoms with van der Waals surface area (Å²) in [7, 11) is 0. The third-order valence-electron chi connectivity index (χ3n) is 3.49. The van der Waals surface area contributed by atoms with Gasteiger partial charge in [-0.1, -0.05) is 39.3 Å². The van der Waals surface area contributed by atoms with Crippen molar-refractivity contribution in [2.45, 2.75) is 53.0 Å². The molecule has 17 heavy (non-hydrogen) atoms. The maximum Gasteiger partial charge on any atom is 0.224 e. The normalized spacial score (nSPS) is 18.9. The van der Waals surface area contributed by atoms with Crippen molar-refractivity contribution in [3.63, 3.8) is 0 Å². The molecule has 0 fully saturated rings. The van der Waals surface area contributed by atoms with Gasteiger partial charge in [0.2, 0.25) is 5.91 Å². The molecule has 1 aliphatic rings. The quantitative estimate of drug-likeness (QED) is 0.767. The summed E-state index contributed by atoms with van der Waals surface area (Å²) < 4.78 is 0. The van der Waals surface area contributed by atoms with Crippen molar-refractivity contribution in [3.8, 4) is 0 Å². The first-order valence-electron chi connectivity index (χ1n) is 6.57. The van der Waals surface area contributed by atoms with Crippen LogP contribution in [0.4, 0.5) is 0 Å². The molecule has 0 aromatic rings. The Balaban J connectivity index is 2.52. The molecule has 0 bridgehead atoms. The van der Waals surface area contributed by atoms with Crippen molar-refractivity contribution in [1.29, 1.82) is 0 Å². The Morgan fingerprint density at radius 1 is 1.53 bits per heavy atom. The third-order valence-corrected chi connectivity index (χ3v) is 3.49. The Kier molecular flexibility index (Phi) is 4.75. The Bertz CT molecular complexity index is 302. The number of hydrogen-bond donors (Lipinski definition) is 1. The number of hydrogen-bond acceptors (Lipinski definition) is 2. The highest BCUT2D eigenvalue weighted by molar-refractivity contribution is 5.77. The molecule has 1 amide bonds. The van der Waals surface area contributed by atoms with Crippen LogP contribution >= 0.6 is 0 Å². The van der Waals surface area contributed by atoms with Gasteiger partial charge in [0.25, 0.3) is 0 Å². The van der Waals surface area contributed by atoms with Crippen LogP contribution in [0.2, 0.25) is 0 Å². The van der Waals surface area contributed by atoms with Crippen molar-refractivity contribution >= 4 is 5.91 Å². The highest BCUT2D eigenvalue weighted by Crippen LogP contribution is 2.30. The summed E-state index contributed by atoms with van der Waals surface area (Å²) in [5.41, 5.74) is 7.50. The number of carbonyl (C=O) groups is 1. The van der Waals surface area contributed by atoms with Crippen LogP contribution in [0, 0.1) is 5.41 Å². The lowest BCUT2D eigenvalue weighted by Gasteiger charge is -2.32. The molecule has 1 atom stereocenters. The average molecular weight is 238 g/mol. The molecule has 98 valence electrons. The summed E-state index contributed by atoms with van der Waals surface area (Å²) >= 11 is 0. The summed E-state index contributed by atoms with van der Waals surface area (Å²) in [5, 5.41) is 0. The molecule has 1 unspecified atom stereocenters. The monoisotopic (exact) mass is 238 g/mol. The Morgan fingerprint density at radius 2 is 2.18 bits per heavy atom. The van der Waals surface area contributed by atoms with Gasteiger partial charge in [-0.2, -0.15) is 0 Å². The molecule has 1 heterocycles. The first-order chi connectivity index (χ1) is 7.84. The molecule has 0 spiro atoms. The van der Waals surface area contributed by atoms with E-state index in [-0.39, 0.29) is 17.4 Å². The average Bonchev–Trinajstić information content (AvgIpc) is 2.27. The van der Waals surface area contributed by atoms with E-state index in [1.165, 1.54) is 5.57 Å². The fraction of sp³-hybridized carbons (Fsp3) is 0.786. The van der Waals surface area contributed by atoms with E-state index in [0.29, 0.717) is 6.42 Å². The summed E-state index contributed by atoms with van der Waals surface area (Å²) in [4.78, 5) is 13.9. The zero-order chi connectivity index (χ0) is 13.1. The molecular formula is C14H26N2O. The topological polar surface area (TPSA) is 46.3 Å². The van der Waals surface area contributed by atoms with E-state index in [9.17, 15) is 4.79 Å². The molecule has 0 saturated carbocycles. The van der Waals surface area contributed by atoms with E-state index >= 15 is 0 Å². The minimum atomic E-state index is 0.00972. The first kappa shape index (κ1) is 14.2. The Hall–Kier alpha value is -0.830. The van der Waals surface area contributed by atoms with E-state index in [0.717, 1.165) is 25.9 Å². The maximum atomic E-state index is 11.9.